The summed E-state index contributed by atoms with van der Waals surface area (Å²) in [7, 11) is 3.64. The van der Waals surface area contributed by atoms with Crippen LogP contribution in [-0.2, 0) is 0 Å². The van der Waals surface area contributed by atoms with Gasteiger partial charge in [0.15, 0.2) is 0 Å². The van der Waals surface area contributed by atoms with Crippen LogP contribution in [0.5, 0.6) is 0 Å². The SMILES string of the molecule is CN(C)c1ccc([C@@H](N)C(F)(F)F)cc1. The highest BCUT2D eigenvalue weighted by molar-refractivity contribution is 5.46. The number of hydrogen-bond acceptors (Lipinski definition) is 2. The molecule has 1 atom stereocenters. The van der Waals surface area contributed by atoms with E-state index in [4.69, 9.17) is 5.73 Å². The number of hydrogen-bond donors (Lipinski definition) is 1. The largest absolute Gasteiger partial charge is 0.407 e. The van der Waals surface area contributed by atoms with Crippen molar-refractivity contribution in [3.8, 4) is 0 Å². The van der Waals surface area contributed by atoms with Crippen LogP contribution in [0.1, 0.15) is 11.6 Å². The molecule has 15 heavy (non-hydrogen) atoms. The van der Waals surface area contributed by atoms with Gasteiger partial charge in [-0.2, -0.15) is 13.2 Å². The first kappa shape index (κ1) is 11.8. The van der Waals surface area contributed by atoms with Crippen LogP contribution in [0.2, 0.25) is 0 Å². The molecular formula is C10H13F3N2. The number of alkyl halides is 3. The number of benzene rings is 1. The molecule has 1 aromatic carbocycles. The summed E-state index contributed by atoms with van der Waals surface area (Å²) in [6.07, 6.45) is -4.39. The Balaban J connectivity index is 2.89. The lowest BCUT2D eigenvalue weighted by Crippen LogP contribution is -2.28. The monoisotopic (exact) mass is 218 g/mol. The van der Waals surface area contributed by atoms with Gasteiger partial charge in [0.25, 0.3) is 0 Å². The van der Waals surface area contributed by atoms with Crippen molar-refractivity contribution < 1.29 is 13.2 Å². The summed E-state index contributed by atoms with van der Waals surface area (Å²) in [6, 6.07) is 4.11. The van der Waals surface area contributed by atoms with E-state index in [0.29, 0.717) is 0 Å². The number of rotatable bonds is 2. The van der Waals surface area contributed by atoms with Crippen LogP contribution < -0.4 is 10.6 Å². The van der Waals surface area contributed by atoms with Crippen LogP contribution in [0.3, 0.4) is 0 Å². The highest BCUT2D eigenvalue weighted by Gasteiger charge is 2.37. The molecule has 0 aliphatic rings. The fourth-order valence-electron chi connectivity index (χ4n) is 1.17. The van der Waals surface area contributed by atoms with E-state index in [9.17, 15) is 13.2 Å². The zero-order valence-corrected chi connectivity index (χ0v) is 8.55. The lowest BCUT2D eigenvalue weighted by Gasteiger charge is -2.17. The van der Waals surface area contributed by atoms with Crippen LogP contribution in [0.4, 0.5) is 18.9 Å². The highest BCUT2D eigenvalue weighted by Crippen LogP contribution is 2.30. The maximum absolute atomic E-state index is 12.3. The van der Waals surface area contributed by atoms with Crippen LogP contribution in [0.15, 0.2) is 24.3 Å². The zero-order chi connectivity index (χ0) is 11.6. The Morgan fingerprint density at radius 3 is 1.93 bits per heavy atom. The van der Waals surface area contributed by atoms with E-state index >= 15 is 0 Å². The third-order valence-electron chi connectivity index (χ3n) is 2.12. The van der Waals surface area contributed by atoms with Gasteiger partial charge in [-0.15, -0.1) is 0 Å². The summed E-state index contributed by atoms with van der Waals surface area (Å²) >= 11 is 0. The van der Waals surface area contributed by atoms with Gasteiger partial charge in [0.1, 0.15) is 6.04 Å². The molecular weight excluding hydrogens is 205 g/mol. The normalized spacial score (nSPS) is 13.7. The van der Waals surface area contributed by atoms with Crippen molar-refractivity contribution in [2.75, 3.05) is 19.0 Å². The quantitative estimate of drug-likeness (QED) is 0.825. The molecule has 0 aliphatic carbocycles. The van der Waals surface area contributed by atoms with Gasteiger partial charge < -0.3 is 10.6 Å². The Morgan fingerprint density at radius 1 is 1.13 bits per heavy atom. The van der Waals surface area contributed by atoms with E-state index < -0.39 is 12.2 Å². The Labute approximate surface area is 86.5 Å². The minimum Gasteiger partial charge on any atom is -0.378 e. The lowest BCUT2D eigenvalue weighted by atomic mass is 10.1. The van der Waals surface area contributed by atoms with Gasteiger partial charge in [0.2, 0.25) is 0 Å². The molecule has 1 aromatic rings. The molecule has 0 amide bonds. The maximum Gasteiger partial charge on any atom is 0.407 e. The van der Waals surface area contributed by atoms with Crippen molar-refractivity contribution in [2.45, 2.75) is 12.2 Å². The molecule has 0 aliphatic heterocycles. The molecule has 0 saturated carbocycles. The first-order valence-electron chi connectivity index (χ1n) is 4.42. The topological polar surface area (TPSA) is 29.3 Å². The summed E-state index contributed by atoms with van der Waals surface area (Å²) in [5.41, 5.74) is 5.98. The average molecular weight is 218 g/mol. The predicted molar refractivity (Wildman–Crippen MR) is 53.8 cm³/mol. The molecule has 0 unspecified atom stereocenters. The van der Waals surface area contributed by atoms with Crippen molar-refractivity contribution in [1.29, 1.82) is 0 Å². The average Bonchev–Trinajstić information content (AvgIpc) is 2.15. The first-order valence-corrected chi connectivity index (χ1v) is 4.42. The Morgan fingerprint density at radius 2 is 1.60 bits per heavy atom. The van der Waals surface area contributed by atoms with Crippen molar-refractivity contribution in [1.82, 2.24) is 0 Å². The van der Waals surface area contributed by atoms with Gasteiger partial charge in [-0.1, -0.05) is 12.1 Å². The van der Waals surface area contributed by atoms with Gasteiger partial charge in [-0.05, 0) is 17.7 Å². The minimum atomic E-state index is -4.39. The second-order valence-electron chi connectivity index (χ2n) is 3.51. The van der Waals surface area contributed by atoms with Crippen molar-refractivity contribution in [3.05, 3.63) is 29.8 Å². The maximum atomic E-state index is 12.3. The summed E-state index contributed by atoms with van der Waals surface area (Å²) in [5.74, 6) is 0. The standard InChI is InChI=1S/C10H13F3N2/c1-15(2)8-5-3-7(4-6-8)9(14)10(11,12)13/h3-6,9H,14H2,1-2H3/t9-/m1/s1. The molecule has 2 nitrogen and oxygen atoms in total. The summed E-state index contributed by atoms with van der Waals surface area (Å²) in [6.45, 7) is 0. The smallest absolute Gasteiger partial charge is 0.378 e. The molecule has 0 bridgehead atoms. The molecule has 2 N–H and O–H groups in total. The molecule has 84 valence electrons. The van der Waals surface area contributed by atoms with Crippen LogP contribution >= 0.6 is 0 Å². The van der Waals surface area contributed by atoms with E-state index in [1.165, 1.54) is 12.1 Å². The minimum absolute atomic E-state index is 0.0769. The molecule has 5 heteroatoms. The molecule has 0 radical (unpaired) electrons. The van der Waals surface area contributed by atoms with Gasteiger partial charge in [0, 0.05) is 19.8 Å². The second-order valence-corrected chi connectivity index (χ2v) is 3.51. The molecule has 1 rings (SSSR count). The molecule has 0 saturated heterocycles. The van der Waals surface area contributed by atoms with Crippen molar-refractivity contribution in [3.63, 3.8) is 0 Å². The van der Waals surface area contributed by atoms with Crippen LogP contribution in [-0.4, -0.2) is 20.3 Å². The summed E-state index contributed by atoms with van der Waals surface area (Å²) < 4.78 is 36.8. The van der Waals surface area contributed by atoms with Crippen molar-refractivity contribution >= 4 is 5.69 Å². The van der Waals surface area contributed by atoms with Gasteiger partial charge in [0.05, 0.1) is 0 Å². The lowest BCUT2D eigenvalue weighted by molar-refractivity contribution is -0.149. The Hall–Kier alpha value is -1.23. The zero-order valence-electron chi connectivity index (χ0n) is 8.55. The Bertz CT molecular complexity index is 316. The van der Waals surface area contributed by atoms with E-state index in [1.807, 2.05) is 19.0 Å². The molecule has 0 aromatic heterocycles. The summed E-state index contributed by atoms with van der Waals surface area (Å²) in [5, 5.41) is 0. The van der Waals surface area contributed by atoms with Crippen LogP contribution in [0, 0.1) is 0 Å². The number of nitrogens with zero attached hydrogens (tertiary/aromatic N) is 1. The van der Waals surface area contributed by atoms with Gasteiger partial charge in [-0.25, -0.2) is 0 Å². The molecule has 0 fully saturated rings. The second kappa shape index (κ2) is 4.10. The van der Waals surface area contributed by atoms with Crippen LogP contribution in [0.25, 0.3) is 0 Å². The van der Waals surface area contributed by atoms with E-state index in [-0.39, 0.29) is 5.56 Å². The van der Waals surface area contributed by atoms with E-state index in [0.717, 1.165) is 5.69 Å². The molecule has 0 heterocycles. The summed E-state index contributed by atoms with van der Waals surface area (Å²) in [4.78, 5) is 1.81. The highest BCUT2D eigenvalue weighted by atomic mass is 19.4. The third kappa shape index (κ3) is 2.86. The number of halogens is 3. The number of anilines is 1. The van der Waals surface area contributed by atoms with Gasteiger partial charge >= 0.3 is 6.18 Å². The van der Waals surface area contributed by atoms with E-state index in [2.05, 4.69) is 0 Å². The predicted octanol–water partition coefficient (Wildman–Crippen LogP) is 2.31. The number of nitrogens with two attached hydrogens (primary N) is 1. The fourth-order valence-corrected chi connectivity index (χ4v) is 1.17. The molecule has 0 spiro atoms. The fraction of sp³-hybridized carbons (Fsp3) is 0.400. The van der Waals surface area contributed by atoms with Crippen molar-refractivity contribution in [2.24, 2.45) is 5.73 Å². The third-order valence-corrected chi connectivity index (χ3v) is 2.12. The Kier molecular flexibility index (Phi) is 3.24. The first-order chi connectivity index (χ1) is 6.82. The van der Waals surface area contributed by atoms with Gasteiger partial charge in [-0.3, -0.25) is 0 Å². The van der Waals surface area contributed by atoms with E-state index in [1.54, 1.807) is 12.1 Å².